The van der Waals surface area contributed by atoms with E-state index in [1.807, 2.05) is 39.0 Å². The van der Waals surface area contributed by atoms with Gasteiger partial charge in [-0.05, 0) is 33.3 Å². The molecule has 2 atom stereocenters. The van der Waals surface area contributed by atoms with Crippen LogP contribution in [0.2, 0.25) is 0 Å². The van der Waals surface area contributed by atoms with Crippen LogP contribution in [0.5, 0.6) is 11.5 Å². The third-order valence-corrected chi connectivity index (χ3v) is 3.53. The van der Waals surface area contributed by atoms with Crippen molar-refractivity contribution in [1.82, 2.24) is 10.6 Å². The molecular weight excluding hydrogens is 296 g/mol. The van der Waals surface area contributed by atoms with Crippen molar-refractivity contribution in [3.8, 4) is 11.5 Å². The van der Waals surface area contributed by atoms with Crippen molar-refractivity contribution in [2.75, 3.05) is 14.2 Å². The summed E-state index contributed by atoms with van der Waals surface area (Å²) in [7, 11) is 3.25. The third kappa shape index (κ3) is 5.03. The number of alkyl carbamates (subject to hydrolysis) is 1. The highest BCUT2D eigenvalue weighted by Gasteiger charge is 2.39. The molecule has 1 aliphatic rings. The van der Waals surface area contributed by atoms with E-state index in [0.717, 1.165) is 17.7 Å². The van der Waals surface area contributed by atoms with Crippen LogP contribution in [-0.2, 0) is 11.3 Å². The molecule has 1 fully saturated rings. The molecule has 0 heterocycles. The van der Waals surface area contributed by atoms with Crippen LogP contribution in [0.15, 0.2) is 18.2 Å². The molecule has 1 aromatic rings. The fourth-order valence-corrected chi connectivity index (χ4v) is 2.37. The quantitative estimate of drug-likeness (QED) is 0.842. The number of benzene rings is 1. The molecule has 1 aromatic carbocycles. The lowest BCUT2D eigenvalue weighted by atomic mass is 10.2. The van der Waals surface area contributed by atoms with Gasteiger partial charge in [0.2, 0.25) is 0 Å². The molecule has 2 N–H and O–H groups in total. The minimum Gasteiger partial charge on any atom is -0.493 e. The molecule has 0 spiro atoms. The first-order valence-electron chi connectivity index (χ1n) is 7.77. The average Bonchev–Trinajstić information content (AvgIpc) is 3.20. The van der Waals surface area contributed by atoms with Gasteiger partial charge in [-0.15, -0.1) is 0 Å². The molecule has 1 saturated carbocycles. The number of amides is 1. The highest BCUT2D eigenvalue weighted by molar-refractivity contribution is 5.68. The zero-order valence-electron chi connectivity index (χ0n) is 14.4. The molecule has 23 heavy (non-hydrogen) atoms. The van der Waals surface area contributed by atoms with Crippen molar-refractivity contribution in [2.45, 2.75) is 51.4 Å². The number of rotatable bonds is 6. The number of carbonyl (C=O) groups is 1. The predicted molar refractivity (Wildman–Crippen MR) is 87.9 cm³/mol. The normalized spacial score (nSPS) is 19.9. The molecule has 128 valence electrons. The van der Waals surface area contributed by atoms with Crippen LogP contribution >= 0.6 is 0 Å². The molecule has 0 aliphatic heterocycles. The standard InChI is InChI=1S/C17H26N2O4/c1-17(2,3)23-16(20)19-13-9-12(13)18-10-11-7-6-8-14(21-4)15(11)22-5/h6-8,12-13,18H,9-10H2,1-5H3,(H,19,20). The summed E-state index contributed by atoms with van der Waals surface area (Å²) in [6, 6.07) is 6.15. The first-order valence-corrected chi connectivity index (χ1v) is 7.77. The summed E-state index contributed by atoms with van der Waals surface area (Å²) in [5.41, 5.74) is 0.547. The predicted octanol–water partition coefficient (Wildman–Crippen LogP) is 2.46. The molecule has 0 bridgehead atoms. The fourth-order valence-electron chi connectivity index (χ4n) is 2.37. The SMILES string of the molecule is COc1cccc(CNC2CC2NC(=O)OC(C)(C)C)c1OC. The molecule has 1 aliphatic carbocycles. The Labute approximate surface area is 137 Å². The van der Waals surface area contributed by atoms with Crippen molar-refractivity contribution in [3.63, 3.8) is 0 Å². The molecule has 2 unspecified atom stereocenters. The summed E-state index contributed by atoms with van der Waals surface area (Å²) in [5.74, 6) is 1.45. The van der Waals surface area contributed by atoms with E-state index in [-0.39, 0.29) is 18.2 Å². The molecule has 2 rings (SSSR count). The molecule has 0 radical (unpaired) electrons. The maximum atomic E-state index is 11.7. The van der Waals surface area contributed by atoms with Gasteiger partial charge in [0.25, 0.3) is 0 Å². The summed E-state index contributed by atoms with van der Waals surface area (Å²) in [4.78, 5) is 11.7. The first kappa shape index (κ1) is 17.4. The zero-order chi connectivity index (χ0) is 17.0. The minimum atomic E-state index is -0.476. The van der Waals surface area contributed by atoms with Gasteiger partial charge in [-0.2, -0.15) is 0 Å². The Kier molecular flexibility index (Phi) is 5.36. The highest BCUT2D eigenvalue weighted by atomic mass is 16.6. The van der Waals surface area contributed by atoms with Gasteiger partial charge < -0.3 is 24.8 Å². The summed E-state index contributed by atoms with van der Waals surface area (Å²) in [5, 5.41) is 6.28. The monoisotopic (exact) mass is 322 g/mol. The van der Waals surface area contributed by atoms with Crippen LogP contribution in [-0.4, -0.2) is 38.0 Å². The van der Waals surface area contributed by atoms with Crippen LogP contribution < -0.4 is 20.1 Å². The van der Waals surface area contributed by atoms with Crippen molar-refractivity contribution < 1.29 is 19.0 Å². The number of nitrogens with one attached hydrogen (secondary N) is 2. The van der Waals surface area contributed by atoms with Crippen LogP contribution in [0.3, 0.4) is 0 Å². The summed E-state index contributed by atoms with van der Waals surface area (Å²) >= 11 is 0. The topological polar surface area (TPSA) is 68.8 Å². The Balaban J connectivity index is 1.82. The second-order valence-electron chi connectivity index (χ2n) is 6.63. The second kappa shape index (κ2) is 7.08. The lowest BCUT2D eigenvalue weighted by Gasteiger charge is -2.19. The Morgan fingerprint density at radius 1 is 1.22 bits per heavy atom. The summed E-state index contributed by atoms with van der Waals surface area (Å²) < 4.78 is 16.0. The molecule has 6 heteroatoms. The van der Waals surface area contributed by atoms with E-state index < -0.39 is 5.60 Å². The Bertz CT molecular complexity index is 554. The molecule has 0 saturated heterocycles. The van der Waals surface area contributed by atoms with E-state index in [4.69, 9.17) is 14.2 Å². The number of carbonyl (C=O) groups excluding carboxylic acids is 1. The number of ether oxygens (including phenoxy) is 3. The van der Waals surface area contributed by atoms with E-state index in [2.05, 4.69) is 10.6 Å². The van der Waals surface area contributed by atoms with E-state index in [1.165, 1.54) is 0 Å². The average molecular weight is 322 g/mol. The van der Waals surface area contributed by atoms with Gasteiger partial charge >= 0.3 is 6.09 Å². The molecule has 6 nitrogen and oxygen atoms in total. The Morgan fingerprint density at radius 2 is 1.96 bits per heavy atom. The minimum absolute atomic E-state index is 0.112. The number of hydrogen-bond donors (Lipinski definition) is 2. The number of hydrogen-bond acceptors (Lipinski definition) is 5. The lowest BCUT2D eigenvalue weighted by Crippen LogP contribution is -2.36. The smallest absolute Gasteiger partial charge is 0.407 e. The first-order chi connectivity index (χ1) is 10.8. The maximum Gasteiger partial charge on any atom is 0.407 e. The largest absolute Gasteiger partial charge is 0.493 e. The van der Waals surface area contributed by atoms with Gasteiger partial charge in [0.05, 0.1) is 14.2 Å². The summed E-state index contributed by atoms with van der Waals surface area (Å²) in [6.45, 7) is 6.20. The van der Waals surface area contributed by atoms with Gasteiger partial charge in [-0.3, -0.25) is 0 Å². The number of methoxy groups -OCH3 is 2. The van der Waals surface area contributed by atoms with Crippen molar-refractivity contribution in [2.24, 2.45) is 0 Å². The van der Waals surface area contributed by atoms with Crippen molar-refractivity contribution in [3.05, 3.63) is 23.8 Å². The van der Waals surface area contributed by atoms with Crippen LogP contribution in [0.4, 0.5) is 4.79 Å². The van der Waals surface area contributed by atoms with Crippen molar-refractivity contribution in [1.29, 1.82) is 0 Å². The van der Waals surface area contributed by atoms with Gasteiger partial charge in [0.15, 0.2) is 11.5 Å². The van der Waals surface area contributed by atoms with Crippen LogP contribution in [0.25, 0.3) is 0 Å². The van der Waals surface area contributed by atoms with Gasteiger partial charge in [0.1, 0.15) is 5.60 Å². The van der Waals surface area contributed by atoms with E-state index in [0.29, 0.717) is 12.3 Å². The van der Waals surface area contributed by atoms with Crippen molar-refractivity contribution >= 4 is 6.09 Å². The number of para-hydroxylation sites is 1. The van der Waals surface area contributed by atoms with E-state index >= 15 is 0 Å². The Morgan fingerprint density at radius 3 is 2.57 bits per heavy atom. The third-order valence-electron chi connectivity index (χ3n) is 3.53. The fraction of sp³-hybridized carbons (Fsp3) is 0.588. The summed E-state index contributed by atoms with van der Waals surface area (Å²) in [6.07, 6.45) is 0.525. The lowest BCUT2D eigenvalue weighted by molar-refractivity contribution is 0.0522. The van der Waals surface area contributed by atoms with E-state index in [9.17, 15) is 4.79 Å². The van der Waals surface area contributed by atoms with Gasteiger partial charge in [0, 0.05) is 24.2 Å². The molecule has 0 aromatic heterocycles. The molecular formula is C17H26N2O4. The van der Waals surface area contributed by atoms with Crippen LogP contribution in [0, 0.1) is 0 Å². The Hall–Kier alpha value is -1.95. The van der Waals surface area contributed by atoms with Crippen LogP contribution in [0.1, 0.15) is 32.8 Å². The second-order valence-corrected chi connectivity index (χ2v) is 6.63. The molecule has 1 amide bonds. The highest BCUT2D eigenvalue weighted by Crippen LogP contribution is 2.31. The zero-order valence-corrected chi connectivity index (χ0v) is 14.4. The van der Waals surface area contributed by atoms with E-state index in [1.54, 1.807) is 14.2 Å². The maximum absolute atomic E-state index is 11.7. The van der Waals surface area contributed by atoms with Gasteiger partial charge in [-0.1, -0.05) is 12.1 Å². The van der Waals surface area contributed by atoms with Gasteiger partial charge in [-0.25, -0.2) is 4.79 Å².